The lowest BCUT2D eigenvalue weighted by molar-refractivity contribution is -0.145. The van der Waals surface area contributed by atoms with E-state index in [4.69, 9.17) is 0 Å². The minimum Gasteiger partial charge on any atom is -0.506 e. The number of halogens is 1. The lowest BCUT2D eigenvalue weighted by atomic mass is 9.68. The number of carbonyl (C=O) groups is 1. The SMILES string of the molecule is O=C(O)C1(c2cc3c(c(Br)c2O)CCC3)CCCCC1. The predicted octanol–water partition coefficient (Wildman–Crippen LogP) is 3.93. The van der Waals surface area contributed by atoms with Gasteiger partial charge in [0.2, 0.25) is 0 Å². The van der Waals surface area contributed by atoms with Crippen molar-refractivity contribution < 1.29 is 15.0 Å². The average molecular weight is 339 g/mol. The molecule has 4 heteroatoms. The summed E-state index contributed by atoms with van der Waals surface area (Å²) in [5, 5.41) is 20.3. The zero-order valence-corrected chi connectivity index (χ0v) is 13.0. The molecule has 0 amide bonds. The number of aliphatic carboxylic acids is 1. The van der Waals surface area contributed by atoms with Gasteiger partial charge in [0.25, 0.3) is 0 Å². The van der Waals surface area contributed by atoms with Crippen LogP contribution in [0.4, 0.5) is 0 Å². The summed E-state index contributed by atoms with van der Waals surface area (Å²) in [7, 11) is 0. The van der Waals surface area contributed by atoms with E-state index in [0.29, 0.717) is 22.9 Å². The number of phenols is 1. The van der Waals surface area contributed by atoms with Crippen LogP contribution in [0.25, 0.3) is 0 Å². The molecule has 0 spiro atoms. The van der Waals surface area contributed by atoms with Gasteiger partial charge in [0.05, 0.1) is 9.89 Å². The van der Waals surface area contributed by atoms with E-state index in [1.165, 1.54) is 5.56 Å². The van der Waals surface area contributed by atoms with Crippen LogP contribution in [0, 0.1) is 0 Å². The Morgan fingerprint density at radius 1 is 1.15 bits per heavy atom. The molecule has 0 atom stereocenters. The molecule has 0 heterocycles. The van der Waals surface area contributed by atoms with Crippen molar-refractivity contribution in [1.29, 1.82) is 0 Å². The first-order valence-corrected chi connectivity index (χ1v) is 8.12. The lowest BCUT2D eigenvalue weighted by Crippen LogP contribution is -2.38. The molecule has 0 aliphatic heterocycles. The number of benzene rings is 1. The van der Waals surface area contributed by atoms with Gasteiger partial charge in [-0.2, -0.15) is 0 Å². The highest BCUT2D eigenvalue weighted by atomic mass is 79.9. The number of rotatable bonds is 2. The zero-order chi connectivity index (χ0) is 14.3. The van der Waals surface area contributed by atoms with E-state index in [1.807, 2.05) is 6.07 Å². The standard InChI is InChI=1S/C16H19BrO3/c17-13-11-6-4-5-10(11)9-12(14(13)18)16(15(19)20)7-2-1-3-8-16/h9,18H,1-8H2,(H,19,20). The van der Waals surface area contributed by atoms with E-state index >= 15 is 0 Å². The molecule has 0 unspecified atom stereocenters. The van der Waals surface area contributed by atoms with Gasteiger partial charge in [0.15, 0.2) is 0 Å². The van der Waals surface area contributed by atoms with Crippen LogP contribution in [-0.4, -0.2) is 16.2 Å². The third-order valence-corrected chi connectivity index (χ3v) is 5.79. The first-order chi connectivity index (χ1) is 9.56. The predicted molar refractivity (Wildman–Crippen MR) is 80.2 cm³/mol. The molecule has 1 aromatic carbocycles. The number of phenolic OH excluding ortho intramolecular Hbond substituents is 1. The molecule has 3 rings (SSSR count). The second-order valence-electron chi connectivity index (χ2n) is 6.03. The molecule has 2 N–H and O–H groups in total. The minimum absolute atomic E-state index is 0.148. The Hall–Kier alpha value is -1.03. The number of hydrogen-bond acceptors (Lipinski definition) is 2. The third kappa shape index (κ3) is 1.96. The summed E-state index contributed by atoms with van der Waals surface area (Å²) in [5.41, 5.74) is 2.08. The highest BCUT2D eigenvalue weighted by Crippen LogP contribution is 2.48. The van der Waals surface area contributed by atoms with Gasteiger partial charge in [-0.1, -0.05) is 25.3 Å². The summed E-state index contributed by atoms with van der Waals surface area (Å²) in [5.74, 6) is -0.646. The van der Waals surface area contributed by atoms with Crippen molar-refractivity contribution in [2.75, 3.05) is 0 Å². The Balaban J connectivity index is 2.17. The quantitative estimate of drug-likeness (QED) is 0.858. The highest BCUT2D eigenvalue weighted by molar-refractivity contribution is 9.10. The summed E-state index contributed by atoms with van der Waals surface area (Å²) in [6.07, 6.45) is 7.20. The third-order valence-electron chi connectivity index (χ3n) is 4.94. The number of hydrogen-bond donors (Lipinski definition) is 2. The fourth-order valence-electron chi connectivity index (χ4n) is 3.80. The second kappa shape index (κ2) is 5.06. The largest absolute Gasteiger partial charge is 0.506 e. The molecule has 2 aliphatic rings. The number of aromatic hydroxyl groups is 1. The van der Waals surface area contributed by atoms with Crippen molar-refractivity contribution in [1.82, 2.24) is 0 Å². The zero-order valence-electron chi connectivity index (χ0n) is 11.4. The molecular formula is C16H19BrO3. The Labute approximate surface area is 127 Å². The lowest BCUT2D eigenvalue weighted by Gasteiger charge is -2.34. The first-order valence-electron chi connectivity index (χ1n) is 7.33. The van der Waals surface area contributed by atoms with Crippen LogP contribution in [0.1, 0.15) is 55.2 Å². The van der Waals surface area contributed by atoms with Gasteiger partial charge in [-0.05, 0) is 59.2 Å². The number of carboxylic acid groups (broad SMARTS) is 1. The van der Waals surface area contributed by atoms with Crippen molar-refractivity contribution in [3.63, 3.8) is 0 Å². The molecule has 0 bridgehead atoms. The van der Waals surface area contributed by atoms with Gasteiger partial charge in [-0.25, -0.2) is 0 Å². The molecule has 20 heavy (non-hydrogen) atoms. The number of aryl methyl sites for hydroxylation is 1. The van der Waals surface area contributed by atoms with Crippen LogP contribution in [0.5, 0.6) is 5.75 Å². The van der Waals surface area contributed by atoms with E-state index < -0.39 is 11.4 Å². The second-order valence-corrected chi connectivity index (χ2v) is 6.82. The molecule has 1 saturated carbocycles. The van der Waals surface area contributed by atoms with Crippen LogP contribution < -0.4 is 0 Å². The van der Waals surface area contributed by atoms with E-state index in [9.17, 15) is 15.0 Å². The van der Waals surface area contributed by atoms with E-state index in [1.54, 1.807) is 0 Å². The average Bonchev–Trinajstić information content (AvgIpc) is 2.92. The molecule has 1 aromatic rings. The van der Waals surface area contributed by atoms with Crippen LogP contribution in [0.15, 0.2) is 10.5 Å². The summed E-state index contributed by atoms with van der Waals surface area (Å²) >= 11 is 3.48. The van der Waals surface area contributed by atoms with Crippen molar-refractivity contribution in [3.8, 4) is 5.75 Å². The van der Waals surface area contributed by atoms with Crippen LogP contribution in [-0.2, 0) is 23.1 Å². The van der Waals surface area contributed by atoms with Gasteiger partial charge in [0.1, 0.15) is 5.75 Å². The van der Waals surface area contributed by atoms with Gasteiger partial charge in [-0.15, -0.1) is 0 Å². The van der Waals surface area contributed by atoms with E-state index in [-0.39, 0.29) is 5.75 Å². The normalized spacial score (nSPS) is 20.6. The summed E-state index contributed by atoms with van der Waals surface area (Å²) in [4.78, 5) is 11.9. The maximum Gasteiger partial charge on any atom is 0.314 e. The fraction of sp³-hybridized carbons (Fsp3) is 0.562. The van der Waals surface area contributed by atoms with Gasteiger partial charge < -0.3 is 10.2 Å². The van der Waals surface area contributed by atoms with Crippen molar-refractivity contribution >= 4 is 21.9 Å². The maximum atomic E-state index is 11.9. The molecule has 108 valence electrons. The Bertz CT molecular complexity index is 559. The molecular weight excluding hydrogens is 320 g/mol. The Kier molecular flexibility index (Phi) is 3.53. The molecule has 0 aromatic heterocycles. The van der Waals surface area contributed by atoms with Gasteiger partial charge in [0, 0.05) is 5.56 Å². The summed E-state index contributed by atoms with van der Waals surface area (Å²) in [6.45, 7) is 0. The molecule has 0 saturated heterocycles. The van der Waals surface area contributed by atoms with Crippen molar-refractivity contribution in [2.24, 2.45) is 0 Å². The smallest absolute Gasteiger partial charge is 0.314 e. The van der Waals surface area contributed by atoms with Crippen LogP contribution in [0.2, 0.25) is 0 Å². The Morgan fingerprint density at radius 3 is 2.50 bits per heavy atom. The summed E-state index contributed by atoms with van der Waals surface area (Å²) < 4.78 is 0.716. The summed E-state index contributed by atoms with van der Waals surface area (Å²) in [6, 6.07) is 1.96. The van der Waals surface area contributed by atoms with Crippen LogP contribution >= 0.6 is 15.9 Å². The van der Waals surface area contributed by atoms with Crippen LogP contribution in [0.3, 0.4) is 0 Å². The number of carboxylic acids is 1. The van der Waals surface area contributed by atoms with Gasteiger partial charge in [-0.3, -0.25) is 4.79 Å². The highest BCUT2D eigenvalue weighted by Gasteiger charge is 2.44. The monoisotopic (exact) mass is 338 g/mol. The number of fused-ring (bicyclic) bond motifs is 1. The topological polar surface area (TPSA) is 57.5 Å². The molecule has 0 radical (unpaired) electrons. The maximum absolute atomic E-state index is 11.9. The molecule has 1 fully saturated rings. The van der Waals surface area contributed by atoms with E-state index in [0.717, 1.165) is 44.1 Å². The fourth-order valence-corrected chi connectivity index (χ4v) is 4.47. The molecule has 2 aliphatic carbocycles. The van der Waals surface area contributed by atoms with Gasteiger partial charge >= 0.3 is 5.97 Å². The Morgan fingerprint density at radius 2 is 1.85 bits per heavy atom. The minimum atomic E-state index is -0.900. The van der Waals surface area contributed by atoms with E-state index in [2.05, 4.69) is 15.9 Å². The van der Waals surface area contributed by atoms with Crippen molar-refractivity contribution in [3.05, 3.63) is 27.2 Å². The first kappa shape index (κ1) is 13.9. The van der Waals surface area contributed by atoms with Crippen molar-refractivity contribution in [2.45, 2.75) is 56.8 Å². The molecule has 3 nitrogen and oxygen atoms in total.